The van der Waals surface area contributed by atoms with E-state index in [1.165, 1.54) is 0 Å². The number of aryl methyl sites for hydroxylation is 1. The second-order valence-corrected chi connectivity index (χ2v) is 7.29. The lowest BCUT2D eigenvalue weighted by molar-refractivity contribution is -0.133. The fraction of sp³-hybridized carbons (Fsp3) is 0.500. The van der Waals surface area contributed by atoms with E-state index >= 15 is 0 Å². The van der Waals surface area contributed by atoms with Crippen molar-refractivity contribution in [3.63, 3.8) is 0 Å². The van der Waals surface area contributed by atoms with Crippen molar-refractivity contribution in [3.05, 3.63) is 29.3 Å². The molecule has 0 saturated carbocycles. The molecule has 1 heterocycles. The van der Waals surface area contributed by atoms with Crippen LogP contribution in [0.2, 0.25) is 0 Å². The summed E-state index contributed by atoms with van der Waals surface area (Å²) in [4.78, 5) is 36.9. The number of thioether (sulfide) groups is 1. The van der Waals surface area contributed by atoms with E-state index in [1.807, 2.05) is 11.8 Å². The number of anilines is 1. The van der Waals surface area contributed by atoms with Gasteiger partial charge in [0, 0.05) is 23.8 Å². The number of carboxylic acids is 1. The lowest BCUT2D eigenvalue weighted by Gasteiger charge is -2.33. The zero-order valence-electron chi connectivity index (χ0n) is 14.6. The van der Waals surface area contributed by atoms with Crippen LogP contribution in [0.15, 0.2) is 18.2 Å². The van der Waals surface area contributed by atoms with Gasteiger partial charge >= 0.3 is 5.97 Å². The van der Waals surface area contributed by atoms with Gasteiger partial charge in [0.2, 0.25) is 5.91 Å². The molecule has 25 heavy (non-hydrogen) atoms. The molecule has 7 heteroatoms. The molecule has 0 spiro atoms. The second kappa shape index (κ2) is 8.89. The predicted molar refractivity (Wildman–Crippen MR) is 99.1 cm³/mol. The van der Waals surface area contributed by atoms with E-state index in [2.05, 4.69) is 12.2 Å². The first-order valence-corrected chi connectivity index (χ1v) is 9.55. The normalized spacial score (nSPS) is 17.2. The lowest BCUT2D eigenvalue weighted by atomic mass is 10.0. The highest BCUT2D eigenvalue weighted by atomic mass is 32.2. The molecule has 1 aliphatic heterocycles. The maximum atomic E-state index is 12.7. The molecule has 1 aromatic rings. The Kier molecular flexibility index (Phi) is 6.87. The van der Waals surface area contributed by atoms with E-state index in [9.17, 15) is 14.4 Å². The average molecular weight is 364 g/mol. The van der Waals surface area contributed by atoms with Crippen LogP contribution in [0.4, 0.5) is 5.69 Å². The van der Waals surface area contributed by atoms with E-state index in [4.69, 9.17) is 5.11 Å². The van der Waals surface area contributed by atoms with Gasteiger partial charge in [0.25, 0.3) is 5.91 Å². The van der Waals surface area contributed by atoms with Gasteiger partial charge in [-0.2, -0.15) is 0 Å². The maximum Gasteiger partial charge on any atom is 0.313 e. The largest absolute Gasteiger partial charge is 0.481 e. The number of hydrogen-bond donors (Lipinski definition) is 2. The number of nitrogens with one attached hydrogen (secondary N) is 1. The number of nitrogens with zero attached hydrogens (tertiary/aromatic N) is 1. The van der Waals surface area contributed by atoms with E-state index in [1.54, 1.807) is 18.2 Å². The minimum atomic E-state index is -0.941. The van der Waals surface area contributed by atoms with E-state index in [0.717, 1.165) is 43.1 Å². The number of rotatable bonds is 6. The van der Waals surface area contributed by atoms with Crippen molar-refractivity contribution in [2.75, 3.05) is 23.4 Å². The molecule has 1 atom stereocenters. The topological polar surface area (TPSA) is 86.7 Å². The molecule has 0 aliphatic carbocycles. The average Bonchev–Trinajstić information content (AvgIpc) is 2.56. The molecule has 0 aromatic heterocycles. The van der Waals surface area contributed by atoms with Crippen molar-refractivity contribution in [2.24, 2.45) is 0 Å². The SMILES string of the molecule is Cc1cc(C(=O)N2CCCCC2C)ccc1NC(=O)CSCC(=O)O. The Balaban J connectivity index is 1.98. The number of piperidine rings is 1. The van der Waals surface area contributed by atoms with Gasteiger partial charge in [-0.05, 0) is 56.9 Å². The summed E-state index contributed by atoms with van der Waals surface area (Å²) in [5, 5.41) is 11.3. The molecule has 1 aliphatic rings. The second-order valence-electron chi connectivity index (χ2n) is 6.31. The van der Waals surface area contributed by atoms with Crippen LogP contribution < -0.4 is 5.32 Å². The number of carboxylic acid groups (broad SMARTS) is 1. The van der Waals surface area contributed by atoms with Gasteiger partial charge in [0.15, 0.2) is 0 Å². The quantitative estimate of drug-likeness (QED) is 0.810. The van der Waals surface area contributed by atoms with Crippen LogP contribution in [0.25, 0.3) is 0 Å². The molecular weight excluding hydrogens is 340 g/mol. The van der Waals surface area contributed by atoms with Crippen molar-refractivity contribution >= 4 is 35.2 Å². The van der Waals surface area contributed by atoms with Crippen molar-refractivity contribution in [3.8, 4) is 0 Å². The van der Waals surface area contributed by atoms with Crippen LogP contribution >= 0.6 is 11.8 Å². The van der Waals surface area contributed by atoms with Gasteiger partial charge < -0.3 is 15.3 Å². The molecule has 1 unspecified atom stereocenters. The minimum Gasteiger partial charge on any atom is -0.481 e. The Hall–Kier alpha value is -2.02. The van der Waals surface area contributed by atoms with Crippen LogP contribution in [0.1, 0.15) is 42.1 Å². The summed E-state index contributed by atoms with van der Waals surface area (Å²) in [7, 11) is 0. The first kappa shape index (κ1) is 19.3. The minimum absolute atomic E-state index is 0.0326. The third-order valence-electron chi connectivity index (χ3n) is 4.27. The van der Waals surface area contributed by atoms with Gasteiger partial charge in [-0.3, -0.25) is 14.4 Å². The first-order valence-electron chi connectivity index (χ1n) is 8.39. The van der Waals surface area contributed by atoms with Crippen LogP contribution in [0.5, 0.6) is 0 Å². The summed E-state index contributed by atoms with van der Waals surface area (Å²) in [5.41, 5.74) is 2.08. The van der Waals surface area contributed by atoms with Crippen molar-refractivity contribution in [1.82, 2.24) is 4.90 Å². The van der Waals surface area contributed by atoms with Gasteiger partial charge in [0.05, 0.1) is 11.5 Å². The summed E-state index contributed by atoms with van der Waals surface area (Å²) in [6.07, 6.45) is 3.24. The number of benzene rings is 1. The molecule has 2 rings (SSSR count). The Morgan fingerprint density at radius 1 is 1.28 bits per heavy atom. The molecule has 0 bridgehead atoms. The fourth-order valence-corrected chi connectivity index (χ4v) is 3.45. The van der Waals surface area contributed by atoms with E-state index in [-0.39, 0.29) is 29.4 Å². The highest BCUT2D eigenvalue weighted by Crippen LogP contribution is 2.22. The van der Waals surface area contributed by atoms with Crippen LogP contribution in [0.3, 0.4) is 0 Å². The molecule has 0 radical (unpaired) electrons. The molecule has 136 valence electrons. The summed E-state index contributed by atoms with van der Waals surface area (Å²) in [6, 6.07) is 5.52. The number of amides is 2. The Morgan fingerprint density at radius 3 is 2.68 bits per heavy atom. The lowest BCUT2D eigenvalue weighted by Crippen LogP contribution is -2.42. The monoisotopic (exact) mass is 364 g/mol. The molecule has 2 amide bonds. The Bertz CT molecular complexity index is 662. The molecule has 1 fully saturated rings. The van der Waals surface area contributed by atoms with Gasteiger partial charge in [0.1, 0.15) is 0 Å². The highest BCUT2D eigenvalue weighted by Gasteiger charge is 2.24. The van der Waals surface area contributed by atoms with Gasteiger partial charge in [-0.1, -0.05) is 0 Å². The van der Waals surface area contributed by atoms with Crippen LogP contribution in [0, 0.1) is 6.92 Å². The summed E-state index contributed by atoms with van der Waals surface area (Å²) >= 11 is 1.05. The number of carbonyl (C=O) groups is 3. The van der Waals surface area contributed by atoms with Gasteiger partial charge in [-0.15, -0.1) is 11.8 Å². The first-order chi connectivity index (χ1) is 11.9. The Labute approximate surface area is 152 Å². The van der Waals surface area contributed by atoms with E-state index in [0.29, 0.717) is 11.3 Å². The predicted octanol–water partition coefficient (Wildman–Crippen LogP) is 2.77. The van der Waals surface area contributed by atoms with Crippen LogP contribution in [-0.4, -0.2) is 51.9 Å². The molecule has 2 N–H and O–H groups in total. The number of carbonyl (C=O) groups excluding carboxylic acids is 2. The van der Waals surface area contributed by atoms with Crippen molar-refractivity contribution in [2.45, 2.75) is 39.2 Å². The third-order valence-corrected chi connectivity index (χ3v) is 5.19. The zero-order chi connectivity index (χ0) is 18.4. The van der Waals surface area contributed by atoms with E-state index < -0.39 is 5.97 Å². The van der Waals surface area contributed by atoms with Crippen molar-refractivity contribution < 1.29 is 19.5 Å². The summed E-state index contributed by atoms with van der Waals surface area (Å²) < 4.78 is 0. The van der Waals surface area contributed by atoms with Crippen molar-refractivity contribution in [1.29, 1.82) is 0 Å². The number of hydrogen-bond acceptors (Lipinski definition) is 4. The fourth-order valence-electron chi connectivity index (χ4n) is 2.92. The molecular formula is C18H24N2O4S. The summed E-state index contributed by atoms with van der Waals surface area (Å²) in [5.74, 6) is -1.18. The molecule has 1 saturated heterocycles. The van der Waals surface area contributed by atoms with Crippen LogP contribution in [-0.2, 0) is 9.59 Å². The summed E-state index contributed by atoms with van der Waals surface area (Å²) in [6.45, 7) is 4.71. The maximum absolute atomic E-state index is 12.7. The third kappa shape index (κ3) is 5.49. The zero-order valence-corrected chi connectivity index (χ0v) is 15.4. The number of likely N-dealkylation sites (tertiary alicyclic amines) is 1. The standard InChI is InChI=1S/C18H24N2O4S/c1-12-9-14(18(24)20-8-4-3-5-13(20)2)6-7-15(12)19-16(21)10-25-11-17(22)23/h6-7,9,13H,3-5,8,10-11H2,1-2H3,(H,19,21)(H,22,23). The smallest absolute Gasteiger partial charge is 0.313 e. The highest BCUT2D eigenvalue weighted by molar-refractivity contribution is 8.00. The number of aliphatic carboxylic acids is 1. The molecule has 6 nitrogen and oxygen atoms in total. The Morgan fingerprint density at radius 2 is 2.04 bits per heavy atom. The van der Waals surface area contributed by atoms with Gasteiger partial charge in [-0.25, -0.2) is 0 Å². The molecule has 1 aromatic carbocycles.